The number of aromatic nitrogens is 2. The molecule has 0 saturated carbocycles. The first-order valence-electron chi connectivity index (χ1n) is 5.20. The molecule has 2 atom stereocenters. The standard InChI is InChI=1S/C11H17N3/c1-8-4-12-11(13-5-8)14-6-9(2)10(3)7-14/h4-5,9-10H,6-7H2,1-3H3/t9-,10+. The molecule has 3 heteroatoms. The first-order valence-corrected chi connectivity index (χ1v) is 5.20. The van der Waals surface area contributed by atoms with Crippen molar-refractivity contribution in [2.45, 2.75) is 20.8 Å². The molecule has 0 radical (unpaired) electrons. The van der Waals surface area contributed by atoms with E-state index in [2.05, 4.69) is 28.7 Å². The fourth-order valence-electron chi connectivity index (χ4n) is 1.84. The van der Waals surface area contributed by atoms with E-state index >= 15 is 0 Å². The summed E-state index contributed by atoms with van der Waals surface area (Å²) in [5.41, 5.74) is 1.12. The van der Waals surface area contributed by atoms with E-state index in [0.29, 0.717) is 0 Å². The van der Waals surface area contributed by atoms with Gasteiger partial charge in [-0.3, -0.25) is 0 Å². The fraction of sp³-hybridized carbons (Fsp3) is 0.636. The molecule has 1 saturated heterocycles. The van der Waals surface area contributed by atoms with Crippen molar-refractivity contribution in [1.82, 2.24) is 9.97 Å². The van der Waals surface area contributed by atoms with Crippen molar-refractivity contribution < 1.29 is 0 Å². The van der Waals surface area contributed by atoms with Gasteiger partial charge in [0.1, 0.15) is 0 Å². The Bertz CT molecular complexity index is 297. The summed E-state index contributed by atoms with van der Waals surface area (Å²) in [6, 6.07) is 0. The normalized spacial score (nSPS) is 26.9. The highest BCUT2D eigenvalue weighted by molar-refractivity contribution is 5.31. The zero-order valence-electron chi connectivity index (χ0n) is 9.07. The number of hydrogen-bond donors (Lipinski definition) is 0. The third-order valence-electron chi connectivity index (χ3n) is 3.04. The zero-order chi connectivity index (χ0) is 10.1. The van der Waals surface area contributed by atoms with E-state index in [1.807, 2.05) is 19.3 Å². The largest absolute Gasteiger partial charge is 0.340 e. The first-order chi connectivity index (χ1) is 6.66. The van der Waals surface area contributed by atoms with Crippen LogP contribution in [0.1, 0.15) is 19.4 Å². The van der Waals surface area contributed by atoms with Crippen molar-refractivity contribution in [3.63, 3.8) is 0 Å². The summed E-state index contributed by atoms with van der Waals surface area (Å²) in [5.74, 6) is 2.38. The monoisotopic (exact) mass is 191 g/mol. The predicted octanol–water partition coefficient (Wildman–Crippen LogP) is 1.88. The summed E-state index contributed by atoms with van der Waals surface area (Å²) < 4.78 is 0. The lowest BCUT2D eigenvalue weighted by molar-refractivity contribution is 0.494. The van der Waals surface area contributed by atoms with Crippen LogP contribution in [0.4, 0.5) is 5.95 Å². The summed E-state index contributed by atoms with van der Waals surface area (Å²) in [5, 5.41) is 0. The van der Waals surface area contributed by atoms with Gasteiger partial charge in [0.05, 0.1) is 0 Å². The van der Waals surface area contributed by atoms with E-state index < -0.39 is 0 Å². The lowest BCUT2D eigenvalue weighted by Crippen LogP contribution is -2.21. The molecule has 0 unspecified atom stereocenters. The minimum Gasteiger partial charge on any atom is -0.340 e. The van der Waals surface area contributed by atoms with Crippen LogP contribution in [0.2, 0.25) is 0 Å². The van der Waals surface area contributed by atoms with Crippen LogP contribution in [-0.2, 0) is 0 Å². The molecule has 1 aromatic heterocycles. The van der Waals surface area contributed by atoms with Gasteiger partial charge in [-0.2, -0.15) is 0 Å². The summed E-state index contributed by atoms with van der Waals surface area (Å²) in [7, 11) is 0. The Morgan fingerprint density at radius 1 is 1.14 bits per heavy atom. The Kier molecular flexibility index (Phi) is 2.40. The van der Waals surface area contributed by atoms with Gasteiger partial charge in [0.15, 0.2) is 0 Å². The maximum absolute atomic E-state index is 4.34. The van der Waals surface area contributed by atoms with Crippen molar-refractivity contribution in [3.8, 4) is 0 Å². The highest BCUT2D eigenvalue weighted by Gasteiger charge is 2.27. The van der Waals surface area contributed by atoms with Gasteiger partial charge in [0.2, 0.25) is 5.95 Å². The molecule has 2 rings (SSSR count). The molecule has 0 aromatic carbocycles. The van der Waals surface area contributed by atoms with Crippen molar-refractivity contribution in [2.75, 3.05) is 18.0 Å². The SMILES string of the molecule is Cc1cnc(N2C[C@@H](C)[C@@H](C)C2)nc1. The molecule has 0 N–H and O–H groups in total. The molecule has 14 heavy (non-hydrogen) atoms. The maximum Gasteiger partial charge on any atom is 0.225 e. The summed E-state index contributed by atoms with van der Waals surface area (Å²) in [6.07, 6.45) is 3.77. The molecule has 1 aromatic rings. The molecule has 0 bridgehead atoms. The Labute approximate surface area is 85.2 Å². The van der Waals surface area contributed by atoms with Crippen LogP contribution in [0.25, 0.3) is 0 Å². The molecule has 0 spiro atoms. The summed E-state index contributed by atoms with van der Waals surface area (Å²) >= 11 is 0. The van der Waals surface area contributed by atoms with Gasteiger partial charge in [-0.25, -0.2) is 9.97 Å². The quantitative estimate of drug-likeness (QED) is 0.678. The number of rotatable bonds is 1. The number of aryl methyl sites for hydroxylation is 1. The third-order valence-corrected chi connectivity index (χ3v) is 3.04. The third kappa shape index (κ3) is 1.72. The zero-order valence-corrected chi connectivity index (χ0v) is 9.07. The summed E-state index contributed by atoms with van der Waals surface area (Å²) in [4.78, 5) is 11.0. The number of anilines is 1. The van der Waals surface area contributed by atoms with E-state index in [-0.39, 0.29) is 0 Å². The second-order valence-corrected chi connectivity index (χ2v) is 4.42. The van der Waals surface area contributed by atoms with Gasteiger partial charge in [0, 0.05) is 25.5 Å². The van der Waals surface area contributed by atoms with Gasteiger partial charge >= 0.3 is 0 Å². The van der Waals surface area contributed by atoms with E-state index in [0.717, 1.165) is 36.4 Å². The van der Waals surface area contributed by atoms with Crippen LogP contribution in [0.15, 0.2) is 12.4 Å². The molecule has 1 aliphatic rings. The molecule has 1 aliphatic heterocycles. The average Bonchev–Trinajstić information content (AvgIpc) is 2.48. The Hall–Kier alpha value is -1.12. The Morgan fingerprint density at radius 3 is 2.14 bits per heavy atom. The molecule has 0 amide bonds. The topological polar surface area (TPSA) is 29.0 Å². The van der Waals surface area contributed by atoms with Crippen LogP contribution >= 0.6 is 0 Å². The first kappa shape index (κ1) is 9.44. The fourth-order valence-corrected chi connectivity index (χ4v) is 1.84. The van der Waals surface area contributed by atoms with Crippen LogP contribution in [-0.4, -0.2) is 23.1 Å². The number of hydrogen-bond acceptors (Lipinski definition) is 3. The van der Waals surface area contributed by atoms with Crippen molar-refractivity contribution in [1.29, 1.82) is 0 Å². The van der Waals surface area contributed by atoms with Gasteiger partial charge in [0.25, 0.3) is 0 Å². The lowest BCUT2D eigenvalue weighted by Gasteiger charge is -2.15. The van der Waals surface area contributed by atoms with Crippen LogP contribution in [0.5, 0.6) is 0 Å². The minimum atomic E-state index is 0.750. The second-order valence-electron chi connectivity index (χ2n) is 4.42. The molecule has 1 fully saturated rings. The van der Waals surface area contributed by atoms with Crippen LogP contribution < -0.4 is 4.90 Å². The number of nitrogens with zero attached hydrogens (tertiary/aromatic N) is 3. The molecular formula is C11H17N3. The van der Waals surface area contributed by atoms with Crippen molar-refractivity contribution >= 4 is 5.95 Å². The lowest BCUT2D eigenvalue weighted by atomic mass is 10.0. The van der Waals surface area contributed by atoms with Gasteiger partial charge in [-0.1, -0.05) is 13.8 Å². The van der Waals surface area contributed by atoms with Crippen molar-refractivity contribution in [3.05, 3.63) is 18.0 Å². The van der Waals surface area contributed by atoms with E-state index in [1.165, 1.54) is 0 Å². The Morgan fingerprint density at radius 2 is 1.64 bits per heavy atom. The predicted molar refractivity (Wildman–Crippen MR) is 57.3 cm³/mol. The van der Waals surface area contributed by atoms with Crippen molar-refractivity contribution in [2.24, 2.45) is 11.8 Å². The van der Waals surface area contributed by atoms with E-state index in [9.17, 15) is 0 Å². The molecule has 76 valence electrons. The molecule has 3 nitrogen and oxygen atoms in total. The van der Waals surface area contributed by atoms with Crippen LogP contribution in [0.3, 0.4) is 0 Å². The Balaban J connectivity index is 2.13. The van der Waals surface area contributed by atoms with E-state index in [1.54, 1.807) is 0 Å². The van der Waals surface area contributed by atoms with Crippen LogP contribution in [0, 0.1) is 18.8 Å². The molecule has 0 aliphatic carbocycles. The van der Waals surface area contributed by atoms with Gasteiger partial charge in [-0.15, -0.1) is 0 Å². The highest BCUT2D eigenvalue weighted by Crippen LogP contribution is 2.24. The summed E-state index contributed by atoms with van der Waals surface area (Å²) in [6.45, 7) is 8.77. The average molecular weight is 191 g/mol. The van der Waals surface area contributed by atoms with E-state index in [4.69, 9.17) is 0 Å². The highest BCUT2D eigenvalue weighted by atomic mass is 15.3. The van der Waals surface area contributed by atoms with Gasteiger partial charge in [-0.05, 0) is 24.3 Å². The molecule has 2 heterocycles. The maximum atomic E-state index is 4.34. The molecular weight excluding hydrogens is 174 g/mol. The smallest absolute Gasteiger partial charge is 0.225 e. The van der Waals surface area contributed by atoms with Gasteiger partial charge < -0.3 is 4.90 Å². The minimum absolute atomic E-state index is 0.750. The second kappa shape index (κ2) is 3.56.